The van der Waals surface area contributed by atoms with Crippen LogP contribution in [0.4, 0.5) is 0 Å². The molecule has 0 aliphatic heterocycles. The van der Waals surface area contributed by atoms with E-state index in [2.05, 4.69) is 26.5 Å². The largest absolute Gasteiger partial charge is 0.471 e. The molecule has 2 aromatic carbocycles. The summed E-state index contributed by atoms with van der Waals surface area (Å²) in [6.07, 6.45) is 0. The number of nitrogens with zero attached hydrogens (tertiary/aromatic N) is 6. The first kappa shape index (κ1) is 17.8. The molecule has 0 bridgehead atoms. The van der Waals surface area contributed by atoms with Gasteiger partial charge >= 0.3 is 0 Å². The fourth-order valence-corrected chi connectivity index (χ4v) is 3.36. The molecule has 0 unspecified atom stereocenters. The second-order valence-corrected chi connectivity index (χ2v) is 6.99. The summed E-state index contributed by atoms with van der Waals surface area (Å²) in [5.74, 6) is 1.55. The fourth-order valence-electron chi connectivity index (χ4n) is 3.36. The summed E-state index contributed by atoms with van der Waals surface area (Å²) in [6, 6.07) is 17.4. The van der Waals surface area contributed by atoms with E-state index in [1.54, 1.807) is 10.6 Å². The first-order valence-electron chi connectivity index (χ1n) is 9.34. The van der Waals surface area contributed by atoms with Gasteiger partial charge in [-0.25, -0.2) is 0 Å². The van der Waals surface area contributed by atoms with Crippen LogP contribution in [0.1, 0.15) is 22.5 Å². The van der Waals surface area contributed by atoms with Crippen LogP contribution in [-0.2, 0) is 6.61 Å². The SMILES string of the molecule is Cc1ccc(COc2nn3c(-c4cc(C)on4)nnc3c3ccccc23)c(C#N)c1. The minimum atomic E-state index is 0.214. The summed E-state index contributed by atoms with van der Waals surface area (Å²) in [7, 11) is 0. The van der Waals surface area contributed by atoms with E-state index in [-0.39, 0.29) is 6.61 Å². The van der Waals surface area contributed by atoms with Crippen molar-refractivity contribution in [2.75, 3.05) is 0 Å². The highest BCUT2D eigenvalue weighted by Gasteiger charge is 2.18. The standard InChI is InChI=1S/C22H16N6O2/c1-13-7-8-15(16(9-13)11-23)12-29-22-18-6-4-3-5-17(18)20-24-25-21(28(20)26-22)19-10-14(2)30-27-19/h3-10H,12H2,1-2H3. The minimum Gasteiger partial charge on any atom is -0.471 e. The van der Waals surface area contributed by atoms with E-state index >= 15 is 0 Å². The summed E-state index contributed by atoms with van der Waals surface area (Å²) >= 11 is 0. The number of rotatable bonds is 4. The van der Waals surface area contributed by atoms with E-state index in [1.807, 2.05) is 56.3 Å². The molecule has 0 aliphatic rings. The number of aromatic nitrogens is 5. The molecule has 3 aromatic heterocycles. The van der Waals surface area contributed by atoms with Crippen molar-refractivity contribution < 1.29 is 9.26 Å². The lowest BCUT2D eigenvalue weighted by molar-refractivity contribution is 0.293. The van der Waals surface area contributed by atoms with Crippen molar-refractivity contribution in [1.29, 1.82) is 5.26 Å². The molecule has 146 valence electrons. The van der Waals surface area contributed by atoms with Gasteiger partial charge in [-0.3, -0.25) is 0 Å². The Morgan fingerprint density at radius 1 is 1.07 bits per heavy atom. The van der Waals surface area contributed by atoms with E-state index in [4.69, 9.17) is 9.26 Å². The van der Waals surface area contributed by atoms with Gasteiger partial charge in [0, 0.05) is 22.4 Å². The normalized spacial score (nSPS) is 11.1. The van der Waals surface area contributed by atoms with Gasteiger partial charge in [-0.05, 0) is 31.5 Å². The third kappa shape index (κ3) is 2.93. The number of nitriles is 1. The Labute approximate surface area is 171 Å². The molecule has 0 radical (unpaired) electrons. The van der Waals surface area contributed by atoms with Crippen LogP contribution < -0.4 is 4.74 Å². The highest BCUT2D eigenvalue weighted by atomic mass is 16.5. The second-order valence-electron chi connectivity index (χ2n) is 6.99. The van der Waals surface area contributed by atoms with Crippen molar-refractivity contribution in [1.82, 2.24) is 25.0 Å². The number of aryl methyl sites for hydroxylation is 2. The number of fused-ring (bicyclic) bond motifs is 3. The number of benzene rings is 2. The van der Waals surface area contributed by atoms with Crippen LogP contribution in [0.2, 0.25) is 0 Å². The van der Waals surface area contributed by atoms with Gasteiger partial charge in [0.15, 0.2) is 11.3 Å². The van der Waals surface area contributed by atoms with Gasteiger partial charge in [0.05, 0.1) is 11.6 Å². The van der Waals surface area contributed by atoms with Crippen LogP contribution in [0.15, 0.2) is 53.1 Å². The maximum atomic E-state index is 9.43. The number of hydrogen-bond donors (Lipinski definition) is 0. The molecule has 0 amide bonds. The van der Waals surface area contributed by atoms with Crippen molar-refractivity contribution in [3.8, 4) is 23.5 Å². The minimum absolute atomic E-state index is 0.214. The van der Waals surface area contributed by atoms with Gasteiger partial charge in [-0.15, -0.1) is 15.3 Å². The topological polar surface area (TPSA) is 102 Å². The number of ether oxygens (including phenoxy) is 1. The molecule has 5 aromatic rings. The molecule has 8 nitrogen and oxygen atoms in total. The van der Waals surface area contributed by atoms with Crippen molar-refractivity contribution in [3.05, 3.63) is 71.0 Å². The highest BCUT2D eigenvalue weighted by Crippen LogP contribution is 2.29. The van der Waals surface area contributed by atoms with E-state index in [1.165, 1.54) is 0 Å². The van der Waals surface area contributed by atoms with Crippen LogP contribution in [0.25, 0.3) is 27.9 Å². The summed E-state index contributed by atoms with van der Waals surface area (Å²) < 4.78 is 12.9. The Kier molecular flexibility index (Phi) is 4.14. The predicted molar refractivity (Wildman–Crippen MR) is 109 cm³/mol. The van der Waals surface area contributed by atoms with Gasteiger partial charge in [0.25, 0.3) is 0 Å². The lowest BCUT2D eigenvalue weighted by Gasteiger charge is -2.11. The molecule has 0 aliphatic carbocycles. The Bertz CT molecular complexity index is 1440. The maximum Gasteiger partial charge on any atom is 0.240 e. The quantitative estimate of drug-likeness (QED) is 0.452. The Balaban J connectivity index is 1.63. The zero-order chi connectivity index (χ0) is 20.7. The first-order valence-corrected chi connectivity index (χ1v) is 9.34. The van der Waals surface area contributed by atoms with Crippen molar-refractivity contribution >= 4 is 16.4 Å². The zero-order valence-corrected chi connectivity index (χ0v) is 16.3. The van der Waals surface area contributed by atoms with Gasteiger partial charge in [-0.1, -0.05) is 35.5 Å². The predicted octanol–water partition coefficient (Wildman–Crippen LogP) is 4.00. The molecule has 5 rings (SSSR count). The van der Waals surface area contributed by atoms with E-state index < -0.39 is 0 Å². The first-order chi connectivity index (χ1) is 14.6. The Hall–Kier alpha value is -4.25. The third-order valence-corrected chi connectivity index (χ3v) is 4.84. The molecule has 0 fully saturated rings. The van der Waals surface area contributed by atoms with Gasteiger partial charge in [0.2, 0.25) is 11.7 Å². The van der Waals surface area contributed by atoms with Crippen LogP contribution in [0.5, 0.6) is 5.88 Å². The summed E-state index contributed by atoms with van der Waals surface area (Å²) in [5, 5.41) is 28.3. The molecule has 0 saturated heterocycles. The number of hydrogen-bond acceptors (Lipinski definition) is 7. The average molecular weight is 396 g/mol. The lowest BCUT2D eigenvalue weighted by atomic mass is 10.1. The molecular weight excluding hydrogens is 380 g/mol. The van der Waals surface area contributed by atoms with Gasteiger partial charge in [-0.2, -0.15) is 9.78 Å². The monoisotopic (exact) mass is 396 g/mol. The maximum absolute atomic E-state index is 9.43. The average Bonchev–Trinajstić information content (AvgIpc) is 3.38. The Morgan fingerprint density at radius 2 is 1.90 bits per heavy atom. The highest BCUT2D eigenvalue weighted by molar-refractivity contribution is 5.96. The smallest absolute Gasteiger partial charge is 0.240 e. The van der Waals surface area contributed by atoms with E-state index in [0.29, 0.717) is 34.4 Å². The summed E-state index contributed by atoms with van der Waals surface area (Å²) in [4.78, 5) is 0. The van der Waals surface area contributed by atoms with Crippen LogP contribution >= 0.6 is 0 Å². The van der Waals surface area contributed by atoms with Crippen molar-refractivity contribution in [2.24, 2.45) is 0 Å². The summed E-state index contributed by atoms with van der Waals surface area (Å²) in [6.45, 7) is 3.98. The van der Waals surface area contributed by atoms with E-state index in [9.17, 15) is 5.26 Å². The molecule has 8 heteroatoms. The van der Waals surface area contributed by atoms with Crippen LogP contribution in [0, 0.1) is 25.2 Å². The second kappa shape index (κ2) is 6.97. The molecule has 0 saturated carbocycles. The van der Waals surface area contributed by atoms with Gasteiger partial charge < -0.3 is 9.26 Å². The van der Waals surface area contributed by atoms with Crippen molar-refractivity contribution in [2.45, 2.75) is 20.5 Å². The molecule has 0 atom stereocenters. The van der Waals surface area contributed by atoms with Gasteiger partial charge in [0.1, 0.15) is 12.4 Å². The summed E-state index contributed by atoms with van der Waals surface area (Å²) in [5.41, 5.74) is 3.55. The van der Waals surface area contributed by atoms with Crippen LogP contribution in [-0.4, -0.2) is 25.0 Å². The van der Waals surface area contributed by atoms with Crippen LogP contribution in [0.3, 0.4) is 0 Å². The lowest BCUT2D eigenvalue weighted by Crippen LogP contribution is -2.04. The molecular formula is C22H16N6O2. The Morgan fingerprint density at radius 3 is 2.67 bits per heavy atom. The molecule has 3 heterocycles. The van der Waals surface area contributed by atoms with E-state index in [0.717, 1.165) is 21.9 Å². The third-order valence-electron chi connectivity index (χ3n) is 4.84. The molecule has 30 heavy (non-hydrogen) atoms. The fraction of sp³-hybridized carbons (Fsp3) is 0.136. The molecule has 0 spiro atoms. The van der Waals surface area contributed by atoms with Crippen molar-refractivity contribution in [3.63, 3.8) is 0 Å². The zero-order valence-electron chi connectivity index (χ0n) is 16.3. The molecule has 0 N–H and O–H groups in total.